The van der Waals surface area contributed by atoms with E-state index in [1.54, 1.807) is 45.0 Å². The summed E-state index contributed by atoms with van der Waals surface area (Å²) in [5, 5.41) is 2.54. The number of nitrogens with zero attached hydrogens (tertiary/aromatic N) is 3. The molecule has 33 heavy (non-hydrogen) atoms. The van der Waals surface area contributed by atoms with Crippen LogP contribution in [0.15, 0.2) is 46.0 Å². The number of furan rings is 1. The normalized spacial score (nSPS) is 11.7. The number of ether oxygens (including phenoxy) is 1. The molecule has 0 fully saturated rings. The van der Waals surface area contributed by atoms with Crippen molar-refractivity contribution in [2.45, 2.75) is 39.1 Å². The predicted molar refractivity (Wildman–Crippen MR) is 122 cm³/mol. The number of aryl methyl sites for hydroxylation is 4. The Morgan fingerprint density at radius 3 is 2.48 bits per heavy atom. The van der Waals surface area contributed by atoms with Gasteiger partial charge in [0, 0.05) is 6.20 Å². The maximum atomic E-state index is 13.6. The topological polar surface area (TPSA) is 116 Å². The number of nitrogens with one attached hydrogen (secondary N) is 1. The van der Waals surface area contributed by atoms with E-state index in [2.05, 4.69) is 15.3 Å². The Kier molecular flexibility index (Phi) is 5.89. The minimum atomic E-state index is -4.03. The molecule has 4 aromatic rings. The van der Waals surface area contributed by atoms with Crippen LogP contribution < -0.4 is 10.1 Å². The van der Waals surface area contributed by atoms with Gasteiger partial charge in [-0.1, -0.05) is 17.7 Å². The third kappa shape index (κ3) is 4.31. The van der Waals surface area contributed by atoms with Crippen molar-refractivity contribution in [1.82, 2.24) is 19.3 Å². The summed E-state index contributed by atoms with van der Waals surface area (Å²) in [6, 6.07) is 7.00. The first-order valence-corrected chi connectivity index (χ1v) is 11.8. The van der Waals surface area contributed by atoms with E-state index >= 15 is 0 Å². The molecule has 0 bridgehead atoms. The van der Waals surface area contributed by atoms with Gasteiger partial charge in [-0.25, -0.2) is 17.2 Å². The molecule has 0 aliphatic rings. The van der Waals surface area contributed by atoms with Crippen LogP contribution in [-0.4, -0.2) is 28.5 Å². The Labute approximate surface area is 195 Å². The Morgan fingerprint density at radius 2 is 1.85 bits per heavy atom. The van der Waals surface area contributed by atoms with E-state index in [1.807, 2.05) is 6.92 Å². The van der Waals surface area contributed by atoms with Crippen molar-refractivity contribution in [3.05, 3.63) is 70.0 Å². The van der Waals surface area contributed by atoms with Gasteiger partial charge in [0.2, 0.25) is 11.2 Å². The number of carbonyl (C=O) groups excluding carboxylic acids is 1. The molecule has 0 aliphatic carbocycles. The molecule has 172 valence electrons. The van der Waals surface area contributed by atoms with Crippen molar-refractivity contribution in [1.29, 1.82) is 0 Å². The summed E-state index contributed by atoms with van der Waals surface area (Å²) < 4.78 is 38.8. The summed E-state index contributed by atoms with van der Waals surface area (Å²) in [4.78, 5) is 20.6. The highest BCUT2D eigenvalue weighted by atomic mass is 35.5. The molecular weight excluding hydrogens is 468 g/mol. The molecule has 4 rings (SSSR count). The summed E-state index contributed by atoms with van der Waals surface area (Å²) in [7, 11) is -4.03. The molecule has 1 N–H and O–H groups in total. The standard InChI is InChI=1S/C22H21ClN4O5S/c1-12-8-13(2)18(14(3)9-12)33(29,30)27-11-15(4)17-19(27)25-21(23)26-20(17)32-22(28)24-10-16-6-5-7-31-16/h5-9,11H,10H2,1-4H3,(H,24,28). The largest absolute Gasteiger partial charge is 0.467 e. The van der Waals surface area contributed by atoms with Crippen LogP contribution >= 0.6 is 11.6 Å². The Hall–Kier alpha value is -3.37. The maximum Gasteiger partial charge on any atom is 0.414 e. The van der Waals surface area contributed by atoms with Gasteiger partial charge in [-0.2, -0.15) is 9.97 Å². The fourth-order valence-corrected chi connectivity index (χ4v) is 5.78. The number of amides is 1. The molecule has 0 saturated carbocycles. The Bertz CT molecular complexity index is 1450. The second-order valence-electron chi connectivity index (χ2n) is 7.66. The number of rotatable bonds is 5. The highest BCUT2D eigenvalue weighted by molar-refractivity contribution is 7.90. The van der Waals surface area contributed by atoms with E-state index in [4.69, 9.17) is 20.8 Å². The molecule has 0 atom stereocenters. The number of hydrogen-bond acceptors (Lipinski definition) is 7. The number of aromatic nitrogens is 3. The van der Waals surface area contributed by atoms with Crippen LogP contribution in [0.2, 0.25) is 5.28 Å². The summed E-state index contributed by atoms with van der Waals surface area (Å²) in [5.41, 5.74) is 2.70. The van der Waals surface area contributed by atoms with E-state index in [9.17, 15) is 13.2 Å². The van der Waals surface area contributed by atoms with Gasteiger partial charge in [0.1, 0.15) is 5.76 Å². The van der Waals surface area contributed by atoms with E-state index in [0.29, 0.717) is 22.5 Å². The number of hydrogen-bond donors (Lipinski definition) is 1. The van der Waals surface area contributed by atoms with Crippen LogP contribution in [-0.2, 0) is 16.6 Å². The molecule has 0 unspecified atom stereocenters. The molecule has 11 heteroatoms. The summed E-state index contributed by atoms with van der Waals surface area (Å²) in [6.45, 7) is 7.16. The first kappa shape index (κ1) is 22.8. The average Bonchev–Trinajstić information content (AvgIpc) is 3.33. The molecule has 9 nitrogen and oxygen atoms in total. The first-order chi connectivity index (χ1) is 15.6. The quantitative estimate of drug-likeness (QED) is 0.413. The lowest BCUT2D eigenvalue weighted by molar-refractivity contribution is 0.197. The van der Waals surface area contributed by atoms with E-state index in [-0.39, 0.29) is 33.6 Å². The second kappa shape index (κ2) is 8.53. The van der Waals surface area contributed by atoms with Crippen LogP contribution in [0.5, 0.6) is 5.88 Å². The lowest BCUT2D eigenvalue weighted by atomic mass is 10.1. The molecule has 1 aromatic carbocycles. The fraction of sp³-hybridized carbons (Fsp3) is 0.227. The smallest absolute Gasteiger partial charge is 0.414 e. The first-order valence-electron chi connectivity index (χ1n) is 9.94. The number of halogens is 1. The molecule has 3 aromatic heterocycles. The Morgan fingerprint density at radius 1 is 1.15 bits per heavy atom. The summed E-state index contributed by atoms with van der Waals surface area (Å²) >= 11 is 6.07. The molecule has 3 heterocycles. The van der Waals surface area contributed by atoms with Crippen LogP contribution in [0.3, 0.4) is 0 Å². The molecule has 0 aliphatic heterocycles. The van der Waals surface area contributed by atoms with Gasteiger partial charge in [0.15, 0.2) is 5.65 Å². The van der Waals surface area contributed by atoms with Gasteiger partial charge in [0.05, 0.1) is 23.1 Å². The molecule has 0 spiro atoms. The summed E-state index contributed by atoms with van der Waals surface area (Å²) in [5.74, 6) is 0.390. The lowest BCUT2D eigenvalue weighted by Crippen LogP contribution is -2.26. The Balaban J connectivity index is 1.77. The zero-order valence-corrected chi connectivity index (χ0v) is 19.9. The minimum absolute atomic E-state index is 0.0145. The van der Waals surface area contributed by atoms with Crippen LogP contribution in [0.4, 0.5) is 4.79 Å². The summed E-state index contributed by atoms with van der Waals surface area (Å²) in [6.07, 6.45) is 2.10. The van der Waals surface area contributed by atoms with E-state index in [0.717, 1.165) is 9.54 Å². The SMILES string of the molecule is Cc1cc(C)c(S(=O)(=O)n2cc(C)c3c(OC(=O)NCc4ccco4)nc(Cl)nc32)c(C)c1. The maximum absolute atomic E-state index is 13.6. The second-order valence-corrected chi connectivity index (χ2v) is 9.75. The van der Waals surface area contributed by atoms with Crippen molar-refractivity contribution in [2.75, 3.05) is 0 Å². The zero-order valence-electron chi connectivity index (χ0n) is 18.3. The van der Waals surface area contributed by atoms with Crippen molar-refractivity contribution in [3.8, 4) is 5.88 Å². The van der Waals surface area contributed by atoms with Gasteiger partial charge < -0.3 is 14.5 Å². The number of benzene rings is 1. The molecule has 0 saturated heterocycles. The van der Waals surface area contributed by atoms with Crippen LogP contribution in [0.1, 0.15) is 28.0 Å². The van der Waals surface area contributed by atoms with Gasteiger partial charge in [-0.15, -0.1) is 0 Å². The van der Waals surface area contributed by atoms with Crippen molar-refractivity contribution in [3.63, 3.8) is 0 Å². The van der Waals surface area contributed by atoms with Gasteiger partial charge in [-0.3, -0.25) is 0 Å². The highest BCUT2D eigenvalue weighted by Gasteiger charge is 2.28. The van der Waals surface area contributed by atoms with Crippen molar-refractivity contribution < 1.29 is 22.4 Å². The third-order valence-electron chi connectivity index (χ3n) is 5.04. The van der Waals surface area contributed by atoms with Crippen LogP contribution in [0, 0.1) is 27.7 Å². The highest BCUT2D eigenvalue weighted by Crippen LogP contribution is 2.33. The third-order valence-corrected chi connectivity index (χ3v) is 7.17. The molecular formula is C22H21ClN4O5S. The van der Waals surface area contributed by atoms with Crippen molar-refractivity contribution in [2.24, 2.45) is 0 Å². The fourth-order valence-electron chi connectivity index (χ4n) is 3.84. The van der Waals surface area contributed by atoms with E-state index in [1.165, 1.54) is 12.5 Å². The minimum Gasteiger partial charge on any atom is -0.467 e. The van der Waals surface area contributed by atoms with E-state index < -0.39 is 16.1 Å². The number of fused-ring (bicyclic) bond motifs is 1. The van der Waals surface area contributed by atoms with Gasteiger partial charge in [0.25, 0.3) is 10.0 Å². The monoisotopic (exact) mass is 488 g/mol. The number of carbonyl (C=O) groups is 1. The zero-order chi connectivity index (χ0) is 23.9. The average molecular weight is 489 g/mol. The van der Waals surface area contributed by atoms with Gasteiger partial charge >= 0.3 is 6.09 Å². The van der Waals surface area contributed by atoms with Crippen LogP contribution in [0.25, 0.3) is 11.0 Å². The lowest BCUT2D eigenvalue weighted by Gasteiger charge is -2.14. The molecule has 0 radical (unpaired) electrons. The van der Waals surface area contributed by atoms with Gasteiger partial charge in [-0.05, 0) is 68.1 Å². The van der Waals surface area contributed by atoms with Crippen molar-refractivity contribution >= 4 is 38.8 Å². The molecule has 1 amide bonds. The predicted octanol–water partition coefficient (Wildman–Crippen LogP) is 4.44.